The second kappa shape index (κ2) is 9.68. The van der Waals surface area contributed by atoms with E-state index in [0.717, 1.165) is 25.9 Å². The van der Waals surface area contributed by atoms with Gasteiger partial charge in [-0.15, -0.1) is 0 Å². The highest BCUT2D eigenvalue weighted by Crippen LogP contribution is 2.27. The third-order valence-corrected chi connectivity index (χ3v) is 7.45. The second-order valence-electron chi connectivity index (χ2n) is 8.21. The van der Waals surface area contributed by atoms with Crippen LogP contribution in [0.1, 0.15) is 32.3 Å². The number of sulfonamides is 1. The van der Waals surface area contributed by atoms with Crippen LogP contribution in [0, 0.1) is 16.0 Å². The molecule has 0 N–H and O–H groups in total. The van der Waals surface area contributed by atoms with Crippen LogP contribution < -0.4 is 0 Å². The van der Waals surface area contributed by atoms with Crippen LogP contribution in [0.5, 0.6) is 0 Å². The molecule has 1 fully saturated rings. The van der Waals surface area contributed by atoms with Gasteiger partial charge in [0, 0.05) is 44.4 Å². The van der Waals surface area contributed by atoms with Gasteiger partial charge in [0.15, 0.2) is 0 Å². The average Bonchev–Trinajstić information content (AvgIpc) is 3.16. The normalized spacial score (nSPS) is 17.7. The first kappa shape index (κ1) is 22.4. The highest BCUT2D eigenvalue weighted by molar-refractivity contribution is 7.89. The van der Waals surface area contributed by atoms with E-state index >= 15 is 0 Å². The Labute approximate surface area is 178 Å². The summed E-state index contributed by atoms with van der Waals surface area (Å²) in [6, 6.07) is 15.3. The first-order valence-corrected chi connectivity index (χ1v) is 11.7. The van der Waals surface area contributed by atoms with E-state index in [1.54, 1.807) is 4.31 Å². The molecule has 30 heavy (non-hydrogen) atoms. The first-order valence-electron chi connectivity index (χ1n) is 10.3. The van der Waals surface area contributed by atoms with Crippen molar-refractivity contribution in [1.82, 2.24) is 9.21 Å². The lowest BCUT2D eigenvalue weighted by Gasteiger charge is -2.29. The minimum Gasteiger partial charge on any atom is -0.297 e. The molecule has 7 nitrogen and oxygen atoms in total. The summed E-state index contributed by atoms with van der Waals surface area (Å²) in [6.07, 6.45) is 1.54. The van der Waals surface area contributed by atoms with Gasteiger partial charge in [-0.05, 0) is 36.5 Å². The van der Waals surface area contributed by atoms with Crippen LogP contribution in [-0.4, -0.2) is 48.2 Å². The van der Waals surface area contributed by atoms with Crippen LogP contribution in [0.3, 0.4) is 0 Å². The van der Waals surface area contributed by atoms with Gasteiger partial charge in [0.05, 0.1) is 9.82 Å². The summed E-state index contributed by atoms with van der Waals surface area (Å²) in [4.78, 5) is 12.8. The van der Waals surface area contributed by atoms with Gasteiger partial charge in [-0.3, -0.25) is 15.0 Å². The zero-order chi connectivity index (χ0) is 21.7. The van der Waals surface area contributed by atoms with Crippen LogP contribution in [0.25, 0.3) is 0 Å². The molecule has 1 heterocycles. The molecule has 0 aliphatic carbocycles. The zero-order valence-electron chi connectivity index (χ0n) is 17.5. The van der Waals surface area contributed by atoms with E-state index in [0.29, 0.717) is 19.0 Å². The summed E-state index contributed by atoms with van der Waals surface area (Å²) in [5, 5.41) is 10.9. The molecular weight excluding hydrogens is 402 g/mol. The minimum atomic E-state index is -3.73. The molecule has 1 atom stereocenters. The number of nitrogens with zero attached hydrogens (tertiary/aromatic N) is 3. The van der Waals surface area contributed by atoms with Crippen LogP contribution in [0.15, 0.2) is 59.5 Å². The lowest BCUT2D eigenvalue weighted by molar-refractivity contribution is -0.384. The summed E-state index contributed by atoms with van der Waals surface area (Å²) in [7, 11) is -3.73. The third-order valence-electron chi connectivity index (χ3n) is 5.48. The van der Waals surface area contributed by atoms with E-state index in [1.165, 1.54) is 29.8 Å². The van der Waals surface area contributed by atoms with E-state index in [-0.39, 0.29) is 16.6 Å². The molecule has 162 valence electrons. The molecule has 1 saturated heterocycles. The Morgan fingerprint density at radius 1 is 1.13 bits per heavy atom. The summed E-state index contributed by atoms with van der Waals surface area (Å²) >= 11 is 0. The summed E-state index contributed by atoms with van der Waals surface area (Å²) in [5.74, 6) is 0.376. The van der Waals surface area contributed by atoms with E-state index < -0.39 is 14.9 Å². The molecule has 1 aliphatic heterocycles. The first-order chi connectivity index (χ1) is 14.3. The van der Waals surface area contributed by atoms with Crippen molar-refractivity contribution in [2.24, 2.45) is 5.92 Å². The summed E-state index contributed by atoms with van der Waals surface area (Å²) in [5.41, 5.74) is 1.10. The van der Waals surface area contributed by atoms with E-state index in [4.69, 9.17) is 0 Å². The SMILES string of the molecule is CC(C)CCN([C@H]1CCN(Cc2ccccc2)C1)S(=O)(=O)c1ccc([N+](=O)[O-])cc1. The Hall–Kier alpha value is -2.29. The Morgan fingerprint density at radius 2 is 1.80 bits per heavy atom. The molecule has 2 aromatic rings. The van der Waals surface area contributed by atoms with Gasteiger partial charge in [0.25, 0.3) is 5.69 Å². The van der Waals surface area contributed by atoms with Gasteiger partial charge in [-0.1, -0.05) is 44.2 Å². The smallest absolute Gasteiger partial charge is 0.269 e. The highest BCUT2D eigenvalue weighted by atomic mass is 32.2. The van der Waals surface area contributed by atoms with Crippen molar-refractivity contribution in [1.29, 1.82) is 0 Å². The molecule has 8 heteroatoms. The lowest BCUT2D eigenvalue weighted by atomic mass is 10.1. The Morgan fingerprint density at radius 3 is 2.40 bits per heavy atom. The third kappa shape index (κ3) is 5.44. The van der Waals surface area contributed by atoms with Crippen molar-refractivity contribution in [3.63, 3.8) is 0 Å². The number of likely N-dealkylation sites (tertiary alicyclic amines) is 1. The van der Waals surface area contributed by atoms with E-state index in [2.05, 4.69) is 30.9 Å². The zero-order valence-corrected chi connectivity index (χ0v) is 18.3. The molecule has 1 aliphatic rings. The quantitative estimate of drug-likeness (QED) is 0.444. The van der Waals surface area contributed by atoms with Gasteiger partial charge < -0.3 is 0 Å². The maximum atomic E-state index is 13.4. The molecule has 0 bridgehead atoms. The fourth-order valence-electron chi connectivity index (χ4n) is 3.79. The standard InChI is InChI=1S/C22H29N3O4S/c1-18(2)12-15-24(30(28,29)22-10-8-20(9-11-22)25(26)27)21-13-14-23(17-21)16-19-6-4-3-5-7-19/h3-11,18,21H,12-17H2,1-2H3/t21-/m0/s1. The molecule has 0 aromatic heterocycles. The van der Waals surface area contributed by atoms with Crippen LogP contribution in [-0.2, 0) is 16.6 Å². The van der Waals surface area contributed by atoms with E-state index in [9.17, 15) is 18.5 Å². The van der Waals surface area contributed by atoms with Crippen molar-refractivity contribution in [3.05, 3.63) is 70.3 Å². The minimum absolute atomic E-state index is 0.104. The van der Waals surface area contributed by atoms with Crippen molar-refractivity contribution in [3.8, 4) is 0 Å². The van der Waals surface area contributed by atoms with Crippen LogP contribution in [0.4, 0.5) is 5.69 Å². The fraction of sp³-hybridized carbons (Fsp3) is 0.455. The number of rotatable bonds is 9. The Kier molecular flexibility index (Phi) is 7.23. The lowest BCUT2D eigenvalue weighted by Crippen LogP contribution is -2.42. The Bertz CT molecular complexity index is 946. The van der Waals surface area contributed by atoms with Crippen molar-refractivity contribution >= 4 is 15.7 Å². The van der Waals surface area contributed by atoms with Gasteiger partial charge in [0.1, 0.15) is 0 Å². The molecule has 2 aromatic carbocycles. The topological polar surface area (TPSA) is 83.8 Å². The number of non-ortho nitro benzene ring substituents is 1. The van der Waals surface area contributed by atoms with Crippen molar-refractivity contribution in [2.75, 3.05) is 19.6 Å². The fourth-order valence-corrected chi connectivity index (χ4v) is 5.45. The van der Waals surface area contributed by atoms with Crippen molar-refractivity contribution in [2.45, 2.75) is 44.2 Å². The number of hydrogen-bond acceptors (Lipinski definition) is 5. The number of hydrogen-bond donors (Lipinski definition) is 0. The number of nitro benzene ring substituents is 1. The summed E-state index contributed by atoms with van der Waals surface area (Å²) < 4.78 is 28.4. The van der Waals surface area contributed by atoms with E-state index in [1.807, 2.05) is 18.2 Å². The van der Waals surface area contributed by atoms with Gasteiger partial charge in [-0.2, -0.15) is 4.31 Å². The molecule has 0 radical (unpaired) electrons. The maximum absolute atomic E-state index is 13.4. The predicted molar refractivity (Wildman–Crippen MR) is 117 cm³/mol. The average molecular weight is 432 g/mol. The Balaban J connectivity index is 1.79. The second-order valence-corrected chi connectivity index (χ2v) is 10.1. The van der Waals surface area contributed by atoms with Gasteiger partial charge >= 0.3 is 0 Å². The monoisotopic (exact) mass is 431 g/mol. The molecule has 0 spiro atoms. The number of benzene rings is 2. The summed E-state index contributed by atoms with van der Waals surface area (Å²) in [6.45, 7) is 6.92. The van der Waals surface area contributed by atoms with Gasteiger partial charge in [-0.25, -0.2) is 8.42 Å². The number of nitro groups is 1. The molecule has 0 saturated carbocycles. The van der Waals surface area contributed by atoms with Crippen LogP contribution in [0.2, 0.25) is 0 Å². The molecular formula is C22H29N3O4S. The van der Waals surface area contributed by atoms with Gasteiger partial charge in [0.2, 0.25) is 10.0 Å². The molecule has 0 unspecified atom stereocenters. The highest BCUT2D eigenvalue weighted by Gasteiger charge is 2.35. The molecule has 3 rings (SSSR count). The van der Waals surface area contributed by atoms with Crippen LogP contribution >= 0.6 is 0 Å². The molecule has 0 amide bonds. The predicted octanol–water partition coefficient (Wildman–Crippen LogP) is 3.91. The van der Waals surface area contributed by atoms with Crippen molar-refractivity contribution < 1.29 is 13.3 Å². The largest absolute Gasteiger partial charge is 0.297 e. The maximum Gasteiger partial charge on any atom is 0.269 e.